The van der Waals surface area contributed by atoms with E-state index < -0.39 is 6.04 Å². The molecule has 0 saturated carbocycles. The van der Waals surface area contributed by atoms with E-state index >= 15 is 0 Å². The predicted octanol–water partition coefficient (Wildman–Crippen LogP) is 2.17. The van der Waals surface area contributed by atoms with E-state index in [1.54, 1.807) is 18.2 Å². The molecule has 0 aliphatic carbocycles. The summed E-state index contributed by atoms with van der Waals surface area (Å²) in [6.07, 6.45) is 1.67. The van der Waals surface area contributed by atoms with Crippen molar-refractivity contribution < 1.29 is 9.53 Å². The second-order valence-corrected chi connectivity index (χ2v) is 4.39. The zero-order valence-electron chi connectivity index (χ0n) is 10.8. The Labute approximate surface area is 108 Å². The van der Waals surface area contributed by atoms with Gasteiger partial charge in [-0.3, -0.25) is 4.79 Å². The number of carbonyl (C=O) groups excluding carboxylic acids is 1. The van der Waals surface area contributed by atoms with Crippen LogP contribution in [0.1, 0.15) is 13.8 Å². The number of ether oxygens (including phenoxy) is 1. The van der Waals surface area contributed by atoms with Crippen LogP contribution in [-0.2, 0) is 4.79 Å². The molecule has 98 valence electrons. The Morgan fingerprint density at radius 2 is 2.28 bits per heavy atom. The maximum atomic E-state index is 11.8. The normalized spacial score (nSPS) is 12.0. The molecule has 0 aliphatic heterocycles. The first-order valence-electron chi connectivity index (χ1n) is 5.94. The molecule has 0 fully saturated rings. The number of benzene rings is 1. The van der Waals surface area contributed by atoms with Crippen molar-refractivity contribution in [2.24, 2.45) is 11.7 Å². The molecule has 0 aliphatic rings. The Bertz CT molecular complexity index is 416. The zero-order chi connectivity index (χ0) is 13.5. The molecule has 18 heavy (non-hydrogen) atoms. The van der Waals surface area contributed by atoms with Crippen molar-refractivity contribution in [1.82, 2.24) is 0 Å². The smallest absolute Gasteiger partial charge is 0.241 e. The number of carbonyl (C=O) groups is 1. The molecule has 0 saturated heterocycles. The number of anilines is 1. The molecule has 1 amide bonds. The number of nitrogens with one attached hydrogen (secondary N) is 1. The fourth-order valence-corrected chi connectivity index (χ4v) is 1.35. The van der Waals surface area contributed by atoms with Crippen LogP contribution in [0, 0.1) is 5.92 Å². The van der Waals surface area contributed by atoms with Crippen molar-refractivity contribution in [3.63, 3.8) is 0 Å². The number of rotatable bonds is 6. The molecular weight excluding hydrogens is 228 g/mol. The number of nitrogens with two attached hydrogens (primary N) is 1. The van der Waals surface area contributed by atoms with Crippen molar-refractivity contribution in [2.75, 3.05) is 11.9 Å². The van der Waals surface area contributed by atoms with Gasteiger partial charge in [-0.2, -0.15) is 0 Å². The van der Waals surface area contributed by atoms with Gasteiger partial charge in [-0.05, 0) is 18.1 Å². The summed E-state index contributed by atoms with van der Waals surface area (Å²) in [5.74, 6) is 0.599. The van der Waals surface area contributed by atoms with E-state index in [0.717, 1.165) is 0 Å². The average molecular weight is 248 g/mol. The van der Waals surface area contributed by atoms with E-state index in [1.807, 2.05) is 26.0 Å². The zero-order valence-corrected chi connectivity index (χ0v) is 10.8. The van der Waals surface area contributed by atoms with Crippen LogP contribution < -0.4 is 15.8 Å². The summed E-state index contributed by atoms with van der Waals surface area (Å²) in [7, 11) is 0. The van der Waals surface area contributed by atoms with Gasteiger partial charge >= 0.3 is 0 Å². The molecule has 0 aromatic heterocycles. The lowest BCUT2D eigenvalue weighted by atomic mass is 10.0. The maximum Gasteiger partial charge on any atom is 0.241 e. The van der Waals surface area contributed by atoms with Gasteiger partial charge in [0.1, 0.15) is 12.4 Å². The minimum Gasteiger partial charge on any atom is -0.489 e. The molecule has 1 atom stereocenters. The first kappa shape index (κ1) is 14.3. The van der Waals surface area contributed by atoms with Crippen LogP contribution in [0.25, 0.3) is 0 Å². The van der Waals surface area contributed by atoms with Crippen LogP contribution in [0.4, 0.5) is 5.69 Å². The number of amides is 1. The highest BCUT2D eigenvalue weighted by molar-refractivity contribution is 5.94. The van der Waals surface area contributed by atoms with Crippen molar-refractivity contribution in [2.45, 2.75) is 19.9 Å². The lowest BCUT2D eigenvalue weighted by Crippen LogP contribution is -2.39. The third-order valence-electron chi connectivity index (χ3n) is 2.49. The van der Waals surface area contributed by atoms with Gasteiger partial charge in [0.25, 0.3) is 0 Å². The summed E-state index contributed by atoms with van der Waals surface area (Å²) in [6, 6.07) is 6.68. The van der Waals surface area contributed by atoms with Crippen molar-refractivity contribution in [3.8, 4) is 5.75 Å². The second-order valence-electron chi connectivity index (χ2n) is 4.39. The fraction of sp³-hybridized carbons (Fsp3) is 0.357. The Morgan fingerprint density at radius 1 is 1.56 bits per heavy atom. The molecule has 1 rings (SSSR count). The van der Waals surface area contributed by atoms with E-state index in [-0.39, 0.29) is 11.8 Å². The average Bonchev–Trinajstić information content (AvgIpc) is 2.35. The highest BCUT2D eigenvalue weighted by Crippen LogP contribution is 2.17. The van der Waals surface area contributed by atoms with Gasteiger partial charge in [0.15, 0.2) is 0 Å². The van der Waals surface area contributed by atoms with Gasteiger partial charge in [-0.15, -0.1) is 0 Å². The minimum atomic E-state index is -0.511. The van der Waals surface area contributed by atoms with Gasteiger partial charge in [0.05, 0.1) is 6.04 Å². The lowest BCUT2D eigenvalue weighted by molar-refractivity contribution is -0.118. The maximum absolute atomic E-state index is 11.8. The molecule has 0 radical (unpaired) electrons. The summed E-state index contributed by atoms with van der Waals surface area (Å²) in [5.41, 5.74) is 6.45. The first-order valence-corrected chi connectivity index (χ1v) is 5.94. The summed E-state index contributed by atoms with van der Waals surface area (Å²) in [5, 5.41) is 2.77. The fourth-order valence-electron chi connectivity index (χ4n) is 1.35. The molecule has 1 unspecified atom stereocenters. The van der Waals surface area contributed by atoms with Crippen LogP contribution in [0.2, 0.25) is 0 Å². The predicted molar refractivity (Wildman–Crippen MR) is 73.6 cm³/mol. The molecule has 4 nitrogen and oxygen atoms in total. The standard InChI is InChI=1S/C14H20N2O2/c1-4-8-18-12-7-5-6-11(9-12)16-14(17)13(15)10(2)3/h4-7,9-10,13H,1,8,15H2,2-3H3,(H,16,17). The SMILES string of the molecule is C=CCOc1cccc(NC(=O)C(N)C(C)C)c1. The first-order chi connectivity index (χ1) is 8.54. The van der Waals surface area contributed by atoms with Crippen molar-refractivity contribution in [1.29, 1.82) is 0 Å². The quantitative estimate of drug-likeness (QED) is 0.758. The van der Waals surface area contributed by atoms with Crippen LogP contribution in [0.15, 0.2) is 36.9 Å². The lowest BCUT2D eigenvalue weighted by Gasteiger charge is -2.15. The third-order valence-corrected chi connectivity index (χ3v) is 2.49. The monoisotopic (exact) mass is 248 g/mol. The minimum absolute atomic E-state index is 0.102. The molecule has 4 heteroatoms. The Kier molecular flexibility index (Phi) is 5.39. The van der Waals surface area contributed by atoms with E-state index in [0.29, 0.717) is 18.0 Å². The van der Waals surface area contributed by atoms with Gasteiger partial charge in [-0.25, -0.2) is 0 Å². The molecule has 0 heterocycles. The van der Waals surface area contributed by atoms with Crippen LogP contribution >= 0.6 is 0 Å². The molecular formula is C14H20N2O2. The third kappa shape index (κ3) is 4.22. The van der Waals surface area contributed by atoms with Crippen LogP contribution in [0.3, 0.4) is 0 Å². The molecule has 3 N–H and O–H groups in total. The Morgan fingerprint density at radius 3 is 2.89 bits per heavy atom. The summed E-state index contributed by atoms with van der Waals surface area (Å²) >= 11 is 0. The van der Waals surface area contributed by atoms with Gasteiger partial charge in [0.2, 0.25) is 5.91 Å². The number of hydrogen-bond donors (Lipinski definition) is 2. The van der Waals surface area contributed by atoms with Gasteiger partial charge in [-0.1, -0.05) is 32.6 Å². The molecule has 1 aromatic carbocycles. The van der Waals surface area contributed by atoms with Gasteiger partial charge in [0, 0.05) is 11.8 Å². The summed E-state index contributed by atoms with van der Waals surface area (Å²) in [6.45, 7) is 7.83. The van der Waals surface area contributed by atoms with Crippen LogP contribution in [-0.4, -0.2) is 18.6 Å². The van der Waals surface area contributed by atoms with E-state index in [1.165, 1.54) is 0 Å². The highest BCUT2D eigenvalue weighted by Gasteiger charge is 2.17. The summed E-state index contributed by atoms with van der Waals surface area (Å²) in [4.78, 5) is 11.8. The Hall–Kier alpha value is -1.81. The molecule has 0 bridgehead atoms. The Balaban J connectivity index is 2.67. The largest absolute Gasteiger partial charge is 0.489 e. The van der Waals surface area contributed by atoms with Crippen LogP contribution in [0.5, 0.6) is 5.75 Å². The van der Waals surface area contributed by atoms with E-state index in [9.17, 15) is 4.79 Å². The number of hydrogen-bond acceptors (Lipinski definition) is 3. The topological polar surface area (TPSA) is 64.3 Å². The van der Waals surface area contributed by atoms with Gasteiger partial charge < -0.3 is 15.8 Å². The molecule has 0 spiro atoms. The van der Waals surface area contributed by atoms with Crippen molar-refractivity contribution in [3.05, 3.63) is 36.9 Å². The molecule has 1 aromatic rings. The second kappa shape index (κ2) is 6.81. The van der Waals surface area contributed by atoms with E-state index in [4.69, 9.17) is 10.5 Å². The highest BCUT2D eigenvalue weighted by atomic mass is 16.5. The van der Waals surface area contributed by atoms with Crippen molar-refractivity contribution >= 4 is 11.6 Å². The summed E-state index contributed by atoms with van der Waals surface area (Å²) < 4.78 is 5.38. The van der Waals surface area contributed by atoms with E-state index in [2.05, 4.69) is 11.9 Å².